The van der Waals surface area contributed by atoms with Crippen LogP contribution in [0.2, 0.25) is 0 Å². The molecule has 3 nitrogen and oxygen atoms in total. The van der Waals surface area contributed by atoms with Crippen LogP contribution in [-0.4, -0.2) is 12.6 Å². The lowest BCUT2D eigenvalue weighted by atomic mass is 9.91. The van der Waals surface area contributed by atoms with Crippen LogP contribution in [0, 0.1) is 3.57 Å². The highest BCUT2D eigenvalue weighted by atomic mass is 127. The number of halogens is 1. The van der Waals surface area contributed by atoms with Crippen LogP contribution >= 0.6 is 22.6 Å². The highest BCUT2D eigenvalue weighted by Crippen LogP contribution is 2.28. The third kappa shape index (κ3) is 3.75. The molecule has 0 aromatic heterocycles. The quantitative estimate of drug-likeness (QED) is 0.610. The number of para-hydroxylation sites is 1. The monoisotopic (exact) mass is 395 g/mol. The zero-order valence-electron chi connectivity index (χ0n) is 12.1. The van der Waals surface area contributed by atoms with Crippen LogP contribution in [-0.2, 0) is 15.1 Å². The van der Waals surface area contributed by atoms with E-state index in [1.807, 2.05) is 68.4 Å². The van der Waals surface area contributed by atoms with Gasteiger partial charge in [0, 0.05) is 9.26 Å². The van der Waals surface area contributed by atoms with Crippen LogP contribution in [0.4, 0.5) is 5.69 Å². The van der Waals surface area contributed by atoms with Gasteiger partial charge in [-0.1, -0.05) is 30.3 Å². The number of ether oxygens (including phenoxy) is 1. The summed E-state index contributed by atoms with van der Waals surface area (Å²) in [5, 5.41) is 3.30. The second-order valence-electron chi connectivity index (χ2n) is 4.84. The summed E-state index contributed by atoms with van der Waals surface area (Å²) >= 11 is 2.25. The van der Waals surface area contributed by atoms with Crippen molar-refractivity contribution >= 4 is 34.2 Å². The molecule has 0 saturated heterocycles. The average molecular weight is 395 g/mol. The van der Waals surface area contributed by atoms with Gasteiger partial charge in [0.15, 0.2) is 5.54 Å². The molecule has 1 atom stereocenters. The van der Waals surface area contributed by atoms with Crippen molar-refractivity contribution in [1.29, 1.82) is 0 Å². The number of nitrogens with one attached hydrogen (secondary N) is 1. The van der Waals surface area contributed by atoms with Gasteiger partial charge in [0.1, 0.15) is 0 Å². The molecule has 0 saturated carbocycles. The number of esters is 1. The molecule has 0 heterocycles. The number of carbonyl (C=O) groups is 1. The minimum Gasteiger partial charge on any atom is -0.464 e. The first kappa shape index (κ1) is 15.8. The summed E-state index contributed by atoms with van der Waals surface area (Å²) in [5.41, 5.74) is 0.846. The van der Waals surface area contributed by atoms with Gasteiger partial charge in [-0.05, 0) is 66.3 Å². The predicted molar refractivity (Wildman–Crippen MR) is 93.2 cm³/mol. The largest absolute Gasteiger partial charge is 0.464 e. The zero-order valence-corrected chi connectivity index (χ0v) is 14.3. The van der Waals surface area contributed by atoms with Gasteiger partial charge in [0.2, 0.25) is 0 Å². The minimum atomic E-state index is -0.915. The molecule has 0 radical (unpaired) electrons. The van der Waals surface area contributed by atoms with Crippen molar-refractivity contribution in [2.45, 2.75) is 19.4 Å². The van der Waals surface area contributed by atoms with Crippen LogP contribution in [0.25, 0.3) is 0 Å². The summed E-state index contributed by atoms with van der Waals surface area (Å²) in [6.45, 7) is 4.02. The van der Waals surface area contributed by atoms with E-state index in [4.69, 9.17) is 4.74 Å². The molecule has 2 aromatic rings. The zero-order chi connectivity index (χ0) is 15.3. The molecule has 0 bridgehead atoms. The fourth-order valence-electron chi connectivity index (χ4n) is 2.11. The van der Waals surface area contributed by atoms with Gasteiger partial charge >= 0.3 is 5.97 Å². The van der Waals surface area contributed by atoms with Crippen molar-refractivity contribution in [3.63, 3.8) is 0 Å². The Morgan fingerprint density at radius 2 is 1.76 bits per heavy atom. The smallest absolute Gasteiger partial charge is 0.336 e. The topological polar surface area (TPSA) is 38.3 Å². The Bertz CT molecular complexity index is 598. The lowest BCUT2D eigenvalue weighted by molar-refractivity contribution is -0.148. The van der Waals surface area contributed by atoms with E-state index in [9.17, 15) is 4.79 Å². The molecule has 2 rings (SSSR count). The van der Waals surface area contributed by atoms with Crippen molar-refractivity contribution in [1.82, 2.24) is 0 Å². The van der Waals surface area contributed by atoms with Crippen molar-refractivity contribution in [2.24, 2.45) is 0 Å². The van der Waals surface area contributed by atoms with E-state index < -0.39 is 5.54 Å². The molecule has 2 aromatic carbocycles. The fraction of sp³-hybridized carbons (Fsp3) is 0.235. The highest BCUT2D eigenvalue weighted by molar-refractivity contribution is 14.1. The van der Waals surface area contributed by atoms with E-state index >= 15 is 0 Å². The highest BCUT2D eigenvalue weighted by Gasteiger charge is 2.36. The summed E-state index contributed by atoms with van der Waals surface area (Å²) in [7, 11) is 0. The number of hydrogen-bond donors (Lipinski definition) is 1. The summed E-state index contributed by atoms with van der Waals surface area (Å²) in [6, 6.07) is 17.6. The minimum absolute atomic E-state index is 0.282. The van der Waals surface area contributed by atoms with Crippen molar-refractivity contribution in [3.8, 4) is 0 Å². The fourth-order valence-corrected chi connectivity index (χ4v) is 2.47. The lowest BCUT2D eigenvalue weighted by Crippen LogP contribution is -2.42. The van der Waals surface area contributed by atoms with E-state index in [0.717, 1.165) is 14.8 Å². The van der Waals surface area contributed by atoms with Crippen LogP contribution in [0.1, 0.15) is 19.4 Å². The summed E-state index contributed by atoms with van der Waals surface area (Å²) in [5.74, 6) is -0.282. The first-order valence-corrected chi connectivity index (χ1v) is 7.90. The SMILES string of the molecule is CCOC(=O)C(C)(Nc1ccccc1)c1ccc(I)cc1. The molecule has 0 amide bonds. The van der Waals surface area contributed by atoms with Crippen LogP contribution in [0.15, 0.2) is 54.6 Å². The van der Waals surface area contributed by atoms with Crippen molar-refractivity contribution < 1.29 is 9.53 Å². The molecule has 1 unspecified atom stereocenters. The number of rotatable bonds is 5. The Morgan fingerprint density at radius 1 is 1.14 bits per heavy atom. The maximum atomic E-state index is 12.5. The molecule has 0 aliphatic heterocycles. The standard InChI is InChI=1S/C17H18INO2/c1-3-21-16(20)17(2,13-9-11-14(18)12-10-13)19-15-7-5-4-6-8-15/h4-12,19H,3H2,1-2H3. The first-order valence-electron chi connectivity index (χ1n) is 6.83. The average Bonchev–Trinajstić information content (AvgIpc) is 2.49. The molecule has 110 valence electrons. The van der Waals surface area contributed by atoms with Gasteiger partial charge in [-0.3, -0.25) is 0 Å². The van der Waals surface area contributed by atoms with Crippen molar-refractivity contribution in [3.05, 3.63) is 63.7 Å². The van der Waals surface area contributed by atoms with Crippen molar-refractivity contribution in [2.75, 3.05) is 11.9 Å². The van der Waals surface area contributed by atoms with Gasteiger partial charge in [0.25, 0.3) is 0 Å². The van der Waals surface area contributed by atoms with Gasteiger partial charge in [0.05, 0.1) is 6.61 Å². The Kier molecular flexibility index (Phi) is 5.22. The maximum absolute atomic E-state index is 12.5. The molecule has 0 aliphatic rings. The molecule has 1 N–H and O–H groups in total. The normalized spacial score (nSPS) is 13.3. The predicted octanol–water partition coefficient (Wildman–Crippen LogP) is 4.18. The Labute approximate surface area is 138 Å². The molecule has 4 heteroatoms. The van der Waals surface area contributed by atoms with E-state index in [0.29, 0.717) is 6.61 Å². The maximum Gasteiger partial charge on any atom is 0.336 e. The van der Waals surface area contributed by atoms with E-state index in [1.54, 1.807) is 0 Å². The number of hydrogen-bond acceptors (Lipinski definition) is 3. The molecule has 21 heavy (non-hydrogen) atoms. The van der Waals surface area contributed by atoms with E-state index in [1.165, 1.54) is 0 Å². The summed E-state index contributed by atoms with van der Waals surface area (Å²) in [6.07, 6.45) is 0. The number of benzene rings is 2. The molecule has 0 fully saturated rings. The second kappa shape index (κ2) is 6.93. The molecular weight excluding hydrogens is 377 g/mol. The van der Waals surface area contributed by atoms with Gasteiger partial charge < -0.3 is 10.1 Å². The molecular formula is C17H18INO2. The van der Waals surface area contributed by atoms with Crippen LogP contribution in [0.5, 0.6) is 0 Å². The molecule has 0 spiro atoms. The molecule has 0 aliphatic carbocycles. The van der Waals surface area contributed by atoms with Gasteiger partial charge in [-0.15, -0.1) is 0 Å². The van der Waals surface area contributed by atoms with E-state index in [2.05, 4.69) is 27.9 Å². The van der Waals surface area contributed by atoms with Crippen LogP contribution < -0.4 is 5.32 Å². The Balaban J connectivity index is 2.38. The lowest BCUT2D eigenvalue weighted by Gasteiger charge is -2.30. The van der Waals surface area contributed by atoms with Crippen LogP contribution in [0.3, 0.4) is 0 Å². The number of anilines is 1. The third-order valence-corrected chi connectivity index (χ3v) is 3.99. The third-order valence-electron chi connectivity index (χ3n) is 3.27. The van der Waals surface area contributed by atoms with Gasteiger partial charge in [-0.25, -0.2) is 4.79 Å². The summed E-state index contributed by atoms with van der Waals surface area (Å²) < 4.78 is 6.39. The number of carbonyl (C=O) groups excluding carboxylic acids is 1. The second-order valence-corrected chi connectivity index (χ2v) is 6.09. The summed E-state index contributed by atoms with van der Waals surface area (Å²) in [4.78, 5) is 12.5. The first-order chi connectivity index (χ1) is 10.1. The van der Waals surface area contributed by atoms with Gasteiger partial charge in [-0.2, -0.15) is 0 Å². The Morgan fingerprint density at radius 3 is 2.33 bits per heavy atom. The van der Waals surface area contributed by atoms with E-state index in [-0.39, 0.29) is 5.97 Å². The Hall–Kier alpha value is -1.56.